The summed E-state index contributed by atoms with van der Waals surface area (Å²) in [6, 6.07) is 4.36. The minimum atomic E-state index is 0.232. The molecule has 98 valence electrons. The van der Waals surface area contributed by atoms with Crippen molar-refractivity contribution >= 4 is 11.6 Å². The number of carbonyl (C=O) groups is 1. The first-order valence-electron chi connectivity index (χ1n) is 6.68. The number of carbonyl (C=O) groups excluding carboxylic acids is 1. The SMILES string of the molecule is CNCCC(=O)N1CCCc2c(C)cc(C)cc21. The van der Waals surface area contributed by atoms with Crippen LogP contribution in [0.15, 0.2) is 12.1 Å². The second kappa shape index (κ2) is 5.53. The number of nitrogens with one attached hydrogen (secondary N) is 1. The van der Waals surface area contributed by atoms with Crippen molar-refractivity contribution in [3.63, 3.8) is 0 Å². The van der Waals surface area contributed by atoms with E-state index in [1.165, 1.54) is 16.7 Å². The van der Waals surface area contributed by atoms with Crippen molar-refractivity contribution in [1.82, 2.24) is 5.32 Å². The van der Waals surface area contributed by atoms with Gasteiger partial charge in [0.25, 0.3) is 0 Å². The predicted octanol–water partition coefficient (Wildman–Crippen LogP) is 2.19. The number of benzene rings is 1. The summed E-state index contributed by atoms with van der Waals surface area (Å²) in [5.41, 5.74) is 5.04. The first-order valence-corrected chi connectivity index (χ1v) is 6.68. The van der Waals surface area contributed by atoms with E-state index >= 15 is 0 Å². The summed E-state index contributed by atoms with van der Waals surface area (Å²) in [7, 11) is 1.88. The van der Waals surface area contributed by atoms with E-state index < -0.39 is 0 Å². The Hall–Kier alpha value is -1.35. The molecule has 0 saturated heterocycles. The van der Waals surface area contributed by atoms with E-state index in [1.807, 2.05) is 11.9 Å². The smallest absolute Gasteiger partial charge is 0.228 e. The summed E-state index contributed by atoms with van der Waals surface area (Å²) in [5, 5.41) is 3.04. The number of aryl methyl sites for hydroxylation is 2. The van der Waals surface area contributed by atoms with Crippen molar-refractivity contribution in [3.8, 4) is 0 Å². The maximum atomic E-state index is 12.2. The zero-order chi connectivity index (χ0) is 13.1. The summed E-state index contributed by atoms with van der Waals surface area (Å²) < 4.78 is 0. The number of anilines is 1. The molecule has 0 radical (unpaired) electrons. The van der Waals surface area contributed by atoms with E-state index in [1.54, 1.807) is 0 Å². The molecule has 0 bridgehead atoms. The Morgan fingerprint density at radius 2 is 2.17 bits per heavy atom. The minimum absolute atomic E-state index is 0.232. The molecule has 1 aliphatic rings. The Balaban J connectivity index is 2.30. The number of nitrogens with zero attached hydrogens (tertiary/aromatic N) is 1. The molecule has 1 heterocycles. The van der Waals surface area contributed by atoms with Crippen LogP contribution in [0.1, 0.15) is 29.5 Å². The third kappa shape index (κ3) is 2.56. The highest BCUT2D eigenvalue weighted by Crippen LogP contribution is 2.31. The largest absolute Gasteiger partial charge is 0.319 e. The maximum Gasteiger partial charge on any atom is 0.228 e. The number of hydrogen-bond donors (Lipinski definition) is 1. The van der Waals surface area contributed by atoms with Gasteiger partial charge in [-0.25, -0.2) is 0 Å². The molecule has 1 aliphatic heterocycles. The van der Waals surface area contributed by atoms with Gasteiger partial charge < -0.3 is 10.2 Å². The Labute approximate surface area is 109 Å². The maximum absolute atomic E-state index is 12.2. The summed E-state index contributed by atoms with van der Waals surface area (Å²) in [5.74, 6) is 0.232. The topological polar surface area (TPSA) is 32.3 Å². The number of rotatable bonds is 3. The molecule has 0 aliphatic carbocycles. The highest BCUT2D eigenvalue weighted by atomic mass is 16.2. The van der Waals surface area contributed by atoms with Crippen LogP contribution in [0.25, 0.3) is 0 Å². The predicted molar refractivity (Wildman–Crippen MR) is 75.1 cm³/mol. The van der Waals surface area contributed by atoms with Gasteiger partial charge in [-0.2, -0.15) is 0 Å². The lowest BCUT2D eigenvalue weighted by Gasteiger charge is -2.31. The molecule has 1 amide bonds. The molecule has 1 aromatic carbocycles. The van der Waals surface area contributed by atoms with Crippen molar-refractivity contribution < 1.29 is 4.79 Å². The van der Waals surface area contributed by atoms with Crippen LogP contribution in [-0.2, 0) is 11.2 Å². The van der Waals surface area contributed by atoms with E-state index in [-0.39, 0.29) is 5.91 Å². The van der Waals surface area contributed by atoms with Crippen molar-refractivity contribution in [2.24, 2.45) is 0 Å². The van der Waals surface area contributed by atoms with Crippen LogP contribution in [0.3, 0.4) is 0 Å². The van der Waals surface area contributed by atoms with Gasteiger partial charge in [-0.05, 0) is 56.5 Å². The third-order valence-corrected chi connectivity index (χ3v) is 3.58. The lowest BCUT2D eigenvalue weighted by Crippen LogP contribution is -2.37. The minimum Gasteiger partial charge on any atom is -0.319 e. The van der Waals surface area contributed by atoms with Gasteiger partial charge in [0.15, 0.2) is 0 Å². The van der Waals surface area contributed by atoms with Crippen molar-refractivity contribution in [1.29, 1.82) is 0 Å². The van der Waals surface area contributed by atoms with E-state index in [0.29, 0.717) is 6.42 Å². The molecule has 2 rings (SSSR count). The number of hydrogen-bond acceptors (Lipinski definition) is 2. The lowest BCUT2D eigenvalue weighted by atomic mass is 9.95. The van der Waals surface area contributed by atoms with Gasteiger partial charge in [-0.1, -0.05) is 6.07 Å². The van der Waals surface area contributed by atoms with Gasteiger partial charge in [0.2, 0.25) is 5.91 Å². The number of fused-ring (bicyclic) bond motifs is 1. The molecule has 0 fully saturated rings. The standard InChI is InChI=1S/C15H22N2O/c1-11-9-12(2)13-5-4-8-17(14(13)10-11)15(18)6-7-16-3/h9-10,16H,4-8H2,1-3H3. The molecular formula is C15H22N2O. The van der Waals surface area contributed by atoms with E-state index in [9.17, 15) is 4.79 Å². The third-order valence-electron chi connectivity index (χ3n) is 3.58. The highest BCUT2D eigenvalue weighted by Gasteiger charge is 2.23. The van der Waals surface area contributed by atoms with Crippen molar-refractivity contribution in [3.05, 3.63) is 28.8 Å². The van der Waals surface area contributed by atoms with Gasteiger partial charge in [-0.3, -0.25) is 4.79 Å². The van der Waals surface area contributed by atoms with Crippen LogP contribution in [-0.4, -0.2) is 26.0 Å². The molecule has 1 N–H and O–H groups in total. The normalized spacial score (nSPS) is 14.5. The molecular weight excluding hydrogens is 224 g/mol. The van der Waals surface area contributed by atoms with E-state index in [0.717, 1.165) is 31.6 Å². The molecule has 0 aromatic heterocycles. The zero-order valence-electron chi connectivity index (χ0n) is 11.5. The van der Waals surface area contributed by atoms with Gasteiger partial charge in [0.1, 0.15) is 0 Å². The molecule has 18 heavy (non-hydrogen) atoms. The van der Waals surface area contributed by atoms with Gasteiger partial charge >= 0.3 is 0 Å². The monoisotopic (exact) mass is 246 g/mol. The Kier molecular flexibility index (Phi) is 4.02. The Morgan fingerprint density at radius 1 is 1.39 bits per heavy atom. The number of amides is 1. The fraction of sp³-hybridized carbons (Fsp3) is 0.533. The second-order valence-corrected chi connectivity index (χ2v) is 5.08. The summed E-state index contributed by atoms with van der Waals surface area (Å²) >= 11 is 0. The van der Waals surface area contributed by atoms with Gasteiger partial charge in [0, 0.05) is 25.2 Å². The quantitative estimate of drug-likeness (QED) is 0.886. The molecule has 0 spiro atoms. The fourth-order valence-electron chi connectivity index (χ4n) is 2.70. The average Bonchev–Trinajstić information content (AvgIpc) is 2.35. The summed E-state index contributed by atoms with van der Waals surface area (Å²) in [6.07, 6.45) is 2.74. The molecule has 3 nitrogen and oxygen atoms in total. The van der Waals surface area contributed by atoms with Gasteiger partial charge in [0.05, 0.1) is 0 Å². The fourth-order valence-corrected chi connectivity index (χ4v) is 2.70. The average molecular weight is 246 g/mol. The molecule has 0 saturated carbocycles. The summed E-state index contributed by atoms with van der Waals surface area (Å²) in [6.45, 7) is 5.85. The molecule has 3 heteroatoms. The Bertz CT molecular complexity index is 454. The first kappa shape index (κ1) is 13.1. The lowest BCUT2D eigenvalue weighted by molar-refractivity contribution is -0.118. The molecule has 1 aromatic rings. The second-order valence-electron chi connectivity index (χ2n) is 5.08. The van der Waals surface area contributed by atoms with Crippen LogP contribution in [0.4, 0.5) is 5.69 Å². The molecule has 0 unspecified atom stereocenters. The summed E-state index contributed by atoms with van der Waals surface area (Å²) in [4.78, 5) is 14.2. The highest BCUT2D eigenvalue weighted by molar-refractivity contribution is 5.95. The van der Waals surface area contributed by atoms with Crippen molar-refractivity contribution in [2.45, 2.75) is 33.1 Å². The van der Waals surface area contributed by atoms with Crippen molar-refractivity contribution in [2.75, 3.05) is 25.0 Å². The van der Waals surface area contributed by atoms with Crippen LogP contribution in [0.5, 0.6) is 0 Å². The van der Waals surface area contributed by atoms with E-state index in [4.69, 9.17) is 0 Å². The van der Waals surface area contributed by atoms with Crippen LogP contribution in [0.2, 0.25) is 0 Å². The zero-order valence-corrected chi connectivity index (χ0v) is 11.5. The Morgan fingerprint density at radius 3 is 2.89 bits per heavy atom. The first-order chi connectivity index (χ1) is 8.63. The van der Waals surface area contributed by atoms with Crippen LogP contribution >= 0.6 is 0 Å². The molecule has 0 atom stereocenters. The van der Waals surface area contributed by atoms with Gasteiger partial charge in [-0.15, -0.1) is 0 Å². The van der Waals surface area contributed by atoms with E-state index in [2.05, 4.69) is 31.3 Å². The van der Waals surface area contributed by atoms with Crippen LogP contribution in [0, 0.1) is 13.8 Å². The van der Waals surface area contributed by atoms with Crippen LogP contribution < -0.4 is 10.2 Å².